The van der Waals surface area contributed by atoms with Crippen LogP contribution in [0.5, 0.6) is 0 Å². The van der Waals surface area contributed by atoms with Gasteiger partial charge in [-0.3, -0.25) is 15.0 Å². The summed E-state index contributed by atoms with van der Waals surface area (Å²) in [5.41, 5.74) is 0.714. The molecule has 31 heavy (non-hydrogen) atoms. The fourth-order valence-electron chi connectivity index (χ4n) is 2.86. The molecule has 162 valence electrons. The average Bonchev–Trinajstić information content (AvgIpc) is 3.33. The highest BCUT2D eigenvalue weighted by Crippen LogP contribution is 2.25. The van der Waals surface area contributed by atoms with Gasteiger partial charge in [-0.2, -0.15) is 0 Å². The number of hydrogen-bond acceptors (Lipinski definition) is 10. The zero-order valence-corrected chi connectivity index (χ0v) is 17.1. The number of amides is 2. The lowest BCUT2D eigenvalue weighted by molar-refractivity contribution is -0.114. The van der Waals surface area contributed by atoms with E-state index in [1.54, 1.807) is 13.2 Å². The standard InChI is InChI=1S/C19H23N9O3/c1-21-7-14(15(20)18(29)22-2)28-19(30)16-17(26-12-5-23-10-24-6-12)25-8-13(27-16)11-3-4-31-9-11/h5-8,10-11,20-21H,3-4,9H2,1-2H3,(H,22,29)(H,25,26)(H,28,30)/b14-7+,20-15?. The molecule has 12 nitrogen and oxygen atoms in total. The van der Waals surface area contributed by atoms with Crippen molar-refractivity contribution in [3.05, 3.63) is 48.2 Å². The summed E-state index contributed by atoms with van der Waals surface area (Å²) in [5.74, 6) is -1.07. The van der Waals surface area contributed by atoms with Gasteiger partial charge in [0.05, 0.1) is 42.3 Å². The molecule has 2 aromatic rings. The van der Waals surface area contributed by atoms with E-state index >= 15 is 0 Å². The molecule has 0 bridgehead atoms. The van der Waals surface area contributed by atoms with Crippen LogP contribution in [0.1, 0.15) is 28.5 Å². The largest absolute Gasteiger partial charge is 0.392 e. The number of aromatic nitrogens is 4. The molecule has 0 radical (unpaired) electrons. The second kappa shape index (κ2) is 10.2. The van der Waals surface area contributed by atoms with Crippen molar-refractivity contribution in [3.63, 3.8) is 0 Å². The smallest absolute Gasteiger partial charge is 0.278 e. The molecule has 1 atom stereocenters. The minimum Gasteiger partial charge on any atom is -0.392 e. The van der Waals surface area contributed by atoms with Crippen LogP contribution in [0.2, 0.25) is 0 Å². The minimum absolute atomic E-state index is 0.0000345. The number of hydrogen-bond donors (Lipinski definition) is 5. The van der Waals surface area contributed by atoms with Crippen LogP contribution in [0.25, 0.3) is 0 Å². The third-order valence-corrected chi connectivity index (χ3v) is 4.44. The Balaban J connectivity index is 1.93. The van der Waals surface area contributed by atoms with Gasteiger partial charge in [-0.1, -0.05) is 0 Å². The normalized spacial score (nSPS) is 15.8. The lowest BCUT2D eigenvalue weighted by atomic mass is 10.1. The quantitative estimate of drug-likeness (QED) is 0.368. The molecular formula is C19H23N9O3. The molecule has 1 fully saturated rings. The first-order valence-corrected chi connectivity index (χ1v) is 9.50. The Kier molecular flexibility index (Phi) is 7.17. The van der Waals surface area contributed by atoms with Gasteiger partial charge < -0.3 is 26.0 Å². The van der Waals surface area contributed by atoms with Crippen LogP contribution < -0.4 is 21.3 Å². The van der Waals surface area contributed by atoms with Gasteiger partial charge in [-0.25, -0.2) is 19.9 Å². The summed E-state index contributed by atoms with van der Waals surface area (Å²) < 4.78 is 5.41. The lowest BCUT2D eigenvalue weighted by Crippen LogP contribution is -2.37. The van der Waals surface area contributed by atoms with Crippen LogP contribution in [0.15, 0.2) is 36.8 Å². The highest BCUT2D eigenvalue weighted by Gasteiger charge is 2.25. The molecule has 3 heterocycles. The summed E-state index contributed by atoms with van der Waals surface area (Å²) >= 11 is 0. The van der Waals surface area contributed by atoms with Gasteiger partial charge in [-0.15, -0.1) is 0 Å². The molecule has 0 aromatic carbocycles. The maximum Gasteiger partial charge on any atom is 0.278 e. The molecule has 1 unspecified atom stereocenters. The van der Waals surface area contributed by atoms with Gasteiger partial charge in [0, 0.05) is 32.8 Å². The predicted octanol–water partition coefficient (Wildman–Crippen LogP) is 0.0705. The van der Waals surface area contributed by atoms with Crippen LogP contribution in [-0.4, -0.2) is 64.8 Å². The Morgan fingerprint density at radius 1 is 1.23 bits per heavy atom. The molecule has 2 aromatic heterocycles. The topological polar surface area (TPSA) is 167 Å². The number of anilines is 2. The Bertz CT molecular complexity index is 988. The highest BCUT2D eigenvalue weighted by atomic mass is 16.5. The highest BCUT2D eigenvalue weighted by molar-refractivity contribution is 6.44. The Hall–Kier alpha value is -3.93. The lowest BCUT2D eigenvalue weighted by Gasteiger charge is -2.15. The molecule has 0 aliphatic carbocycles. The van der Waals surface area contributed by atoms with E-state index in [9.17, 15) is 9.59 Å². The van der Waals surface area contributed by atoms with Crippen LogP contribution >= 0.6 is 0 Å². The Labute approximate surface area is 178 Å². The number of carbonyl (C=O) groups is 2. The number of carbonyl (C=O) groups excluding carboxylic acids is 2. The molecule has 5 N–H and O–H groups in total. The van der Waals surface area contributed by atoms with Crippen molar-refractivity contribution in [3.8, 4) is 0 Å². The zero-order chi connectivity index (χ0) is 22.2. The number of rotatable bonds is 8. The van der Waals surface area contributed by atoms with Crippen LogP contribution in [-0.2, 0) is 9.53 Å². The van der Waals surface area contributed by atoms with E-state index in [-0.39, 0.29) is 23.1 Å². The summed E-state index contributed by atoms with van der Waals surface area (Å²) in [6, 6.07) is 0. The van der Waals surface area contributed by atoms with Crippen LogP contribution in [0.4, 0.5) is 11.5 Å². The van der Waals surface area contributed by atoms with Crippen molar-refractivity contribution in [1.82, 2.24) is 35.9 Å². The summed E-state index contributed by atoms with van der Waals surface area (Å²) in [5, 5.41) is 18.6. The molecule has 0 spiro atoms. The first-order chi connectivity index (χ1) is 15.0. The second-order valence-corrected chi connectivity index (χ2v) is 6.56. The first-order valence-electron chi connectivity index (χ1n) is 9.50. The Morgan fingerprint density at radius 3 is 2.65 bits per heavy atom. The number of ether oxygens (including phenoxy) is 1. The van der Waals surface area contributed by atoms with E-state index in [2.05, 4.69) is 41.2 Å². The van der Waals surface area contributed by atoms with E-state index in [1.165, 1.54) is 32.0 Å². The van der Waals surface area contributed by atoms with Gasteiger partial charge in [0.1, 0.15) is 12.0 Å². The molecule has 2 amide bonds. The zero-order valence-electron chi connectivity index (χ0n) is 17.1. The summed E-state index contributed by atoms with van der Waals surface area (Å²) in [6.45, 7) is 1.12. The van der Waals surface area contributed by atoms with Crippen molar-refractivity contribution in [2.45, 2.75) is 12.3 Å². The van der Waals surface area contributed by atoms with Crippen molar-refractivity contribution in [2.75, 3.05) is 32.6 Å². The van der Waals surface area contributed by atoms with Gasteiger partial charge in [0.25, 0.3) is 11.8 Å². The van der Waals surface area contributed by atoms with Crippen molar-refractivity contribution in [1.29, 1.82) is 5.41 Å². The van der Waals surface area contributed by atoms with E-state index < -0.39 is 17.5 Å². The third-order valence-electron chi connectivity index (χ3n) is 4.44. The molecule has 3 rings (SSSR count). The number of nitrogens with zero attached hydrogens (tertiary/aromatic N) is 4. The molecule has 1 aliphatic rings. The van der Waals surface area contributed by atoms with E-state index in [1.807, 2.05) is 0 Å². The fourth-order valence-corrected chi connectivity index (χ4v) is 2.86. The molecule has 1 aliphatic heterocycles. The predicted molar refractivity (Wildman–Crippen MR) is 112 cm³/mol. The summed E-state index contributed by atoms with van der Waals surface area (Å²) in [4.78, 5) is 41.7. The van der Waals surface area contributed by atoms with Gasteiger partial charge in [0.15, 0.2) is 11.5 Å². The van der Waals surface area contributed by atoms with Crippen molar-refractivity contribution in [2.24, 2.45) is 0 Å². The van der Waals surface area contributed by atoms with E-state index in [0.29, 0.717) is 24.6 Å². The SMILES string of the molecule is CN/C=C(/NC(=O)c1nc(C2CCOC2)cnc1Nc1cncnc1)C(=N)C(=O)NC. The minimum atomic E-state index is -0.649. The molecule has 12 heteroatoms. The van der Waals surface area contributed by atoms with Gasteiger partial charge in [-0.05, 0) is 6.42 Å². The van der Waals surface area contributed by atoms with Crippen molar-refractivity contribution < 1.29 is 14.3 Å². The van der Waals surface area contributed by atoms with Gasteiger partial charge >= 0.3 is 0 Å². The van der Waals surface area contributed by atoms with Crippen molar-refractivity contribution >= 4 is 29.0 Å². The third kappa shape index (κ3) is 5.36. The van der Waals surface area contributed by atoms with Gasteiger partial charge in [0.2, 0.25) is 0 Å². The fraction of sp³-hybridized carbons (Fsp3) is 0.316. The molecular weight excluding hydrogens is 402 g/mol. The van der Waals surface area contributed by atoms with Crippen LogP contribution in [0, 0.1) is 5.41 Å². The first kappa shape index (κ1) is 21.8. The molecule has 1 saturated heterocycles. The van der Waals surface area contributed by atoms with Crippen LogP contribution in [0.3, 0.4) is 0 Å². The second-order valence-electron chi connectivity index (χ2n) is 6.56. The Morgan fingerprint density at radius 2 is 2.00 bits per heavy atom. The average molecular weight is 425 g/mol. The summed E-state index contributed by atoms with van der Waals surface area (Å²) in [6.07, 6.45) is 8.16. The maximum absolute atomic E-state index is 13.1. The summed E-state index contributed by atoms with van der Waals surface area (Å²) in [7, 11) is 2.99. The molecule has 0 saturated carbocycles. The number of nitrogens with one attached hydrogen (secondary N) is 5. The van der Waals surface area contributed by atoms with E-state index in [0.717, 1.165) is 6.42 Å². The monoisotopic (exact) mass is 425 g/mol. The maximum atomic E-state index is 13.1. The van der Waals surface area contributed by atoms with E-state index in [4.69, 9.17) is 10.1 Å².